The molecule has 0 fully saturated rings. The number of rotatable bonds is 14. The molecule has 0 spiro atoms. The second kappa shape index (κ2) is 13.8. The highest BCUT2D eigenvalue weighted by molar-refractivity contribution is 5.81. The molecular weight excluding hydrogens is 274 g/mol. The van der Waals surface area contributed by atoms with Gasteiger partial charge in [-0.2, -0.15) is 0 Å². The fourth-order valence-electron chi connectivity index (χ4n) is 2.89. The molecule has 0 rings (SSSR count). The Balaban J connectivity index is 3.78. The normalized spacial score (nSPS) is 13.9. The SMILES string of the molecule is C=CC(=O)OC(C)C(CCCCCCCCCCC)N(C)C. The Morgan fingerprint density at radius 1 is 1.05 bits per heavy atom. The van der Waals surface area contributed by atoms with E-state index in [2.05, 4.69) is 32.5 Å². The van der Waals surface area contributed by atoms with E-state index in [-0.39, 0.29) is 18.1 Å². The lowest BCUT2D eigenvalue weighted by atomic mass is 10.0. The van der Waals surface area contributed by atoms with Gasteiger partial charge in [-0.3, -0.25) is 0 Å². The van der Waals surface area contributed by atoms with Crippen molar-refractivity contribution in [2.45, 2.75) is 90.2 Å². The lowest BCUT2D eigenvalue weighted by Crippen LogP contribution is -2.39. The van der Waals surface area contributed by atoms with Crippen molar-refractivity contribution < 1.29 is 9.53 Å². The third-order valence-electron chi connectivity index (χ3n) is 4.28. The summed E-state index contributed by atoms with van der Waals surface area (Å²) in [7, 11) is 4.10. The predicted octanol–water partition coefficient (Wildman–Crippen LogP) is 4.96. The molecule has 3 heteroatoms. The van der Waals surface area contributed by atoms with Crippen molar-refractivity contribution in [3.05, 3.63) is 12.7 Å². The Kier molecular flexibility index (Phi) is 13.3. The number of carbonyl (C=O) groups excluding carboxylic acids is 1. The second-order valence-electron chi connectivity index (χ2n) is 6.49. The molecule has 0 radical (unpaired) electrons. The minimum absolute atomic E-state index is 0.0884. The molecule has 22 heavy (non-hydrogen) atoms. The Labute approximate surface area is 138 Å². The summed E-state index contributed by atoms with van der Waals surface area (Å²) in [6.45, 7) is 7.68. The number of unbranched alkanes of at least 4 members (excludes halogenated alkanes) is 8. The Morgan fingerprint density at radius 3 is 2.00 bits per heavy atom. The van der Waals surface area contributed by atoms with E-state index in [1.165, 1.54) is 63.9 Å². The van der Waals surface area contributed by atoms with E-state index < -0.39 is 0 Å². The summed E-state index contributed by atoms with van der Waals surface area (Å²) in [5.41, 5.74) is 0. The number of likely N-dealkylation sites (N-methyl/N-ethyl adjacent to an activating group) is 1. The van der Waals surface area contributed by atoms with Crippen LogP contribution in [0.4, 0.5) is 0 Å². The molecule has 0 aromatic heterocycles. The molecule has 0 saturated carbocycles. The van der Waals surface area contributed by atoms with Crippen LogP contribution in [0.2, 0.25) is 0 Å². The number of esters is 1. The summed E-state index contributed by atoms with van der Waals surface area (Å²) >= 11 is 0. The van der Waals surface area contributed by atoms with Crippen LogP contribution in [-0.4, -0.2) is 37.1 Å². The van der Waals surface area contributed by atoms with E-state index in [9.17, 15) is 4.79 Å². The molecule has 0 N–H and O–H groups in total. The van der Waals surface area contributed by atoms with Gasteiger partial charge in [0, 0.05) is 12.1 Å². The highest BCUT2D eigenvalue weighted by Gasteiger charge is 2.21. The topological polar surface area (TPSA) is 29.5 Å². The molecule has 2 atom stereocenters. The molecule has 0 amide bonds. The Bertz CT molecular complexity index is 289. The van der Waals surface area contributed by atoms with Crippen molar-refractivity contribution in [1.82, 2.24) is 4.90 Å². The first-order valence-electron chi connectivity index (χ1n) is 9.02. The highest BCUT2D eigenvalue weighted by atomic mass is 16.5. The fourth-order valence-corrected chi connectivity index (χ4v) is 2.89. The quantitative estimate of drug-likeness (QED) is 0.258. The van der Waals surface area contributed by atoms with E-state index >= 15 is 0 Å². The van der Waals surface area contributed by atoms with Crippen molar-refractivity contribution in [2.75, 3.05) is 14.1 Å². The molecule has 0 saturated heterocycles. The monoisotopic (exact) mass is 311 g/mol. The van der Waals surface area contributed by atoms with Crippen LogP contribution in [0.15, 0.2) is 12.7 Å². The molecular formula is C19H37NO2. The van der Waals surface area contributed by atoms with E-state index in [0.29, 0.717) is 0 Å². The minimum atomic E-state index is -0.327. The number of nitrogens with zero attached hydrogens (tertiary/aromatic N) is 1. The maximum atomic E-state index is 11.3. The van der Waals surface area contributed by atoms with Crippen molar-refractivity contribution in [3.63, 3.8) is 0 Å². The van der Waals surface area contributed by atoms with E-state index in [1.54, 1.807) is 0 Å². The molecule has 0 bridgehead atoms. The lowest BCUT2D eigenvalue weighted by Gasteiger charge is -2.29. The minimum Gasteiger partial charge on any atom is -0.458 e. The van der Waals surface area contributed by atoms with Gasteiger partial charge in [-0.05, 0) is 27.4 Å². The molecule has 0 aromatic carbocycles. The molecule has 130 valence electrons. The first-order chi connectivity index (χ1) is 10.5. The summed E-state index contributed by atoms with van der Waals surface area (Å²) in [4.78, 5) is 13.5. The fraction of sp³-hybridized carbons (Fsp3) is 0.842. The van der Waals surface area contributed by atoms with Crippen LogP contribution >= 0.6 is 0 Å². The molecule has 0 aliphatic heterocycles. The largest absolute Gasteiger partial charge is 0.458 e. The van der Waals surface area contributed by atoms with E-state index in [4.69, 9.17) is 4.74 Å². The smallest absolute Gasteiger partial charge is 0.330 e. The van der Waals surface area contributed by atoms with Crippen LogP contribution in [-0.2, 0) is 9.53 Å². The first kappa shape index (κ1) is 21.2. The van der Waals surface area contributed by atoms with E-state index in [0.717, 1.165) is 6.42 Å². The average molecular weight is 312 g/mol. The molecule has 0 heterocycles. The zero-order valence-corrected chi connectivity index (χ0v) is 15.3. The van der Waals surface area contributed by atoms with Gasteiger partial charge in [-0.25, -0.2) is 4.79 Å². The van der Waals surface area contributed by atoms with Crippen LogP contribution in [0.3, 0.4) is 0 Å². The molecule has 0 aliphatic carbocycles. The summed E-state index contributed by atoms with van der Waals surface area (Å²) in [5.74, 6) is -0.327. The average Bonchev–Trinajstić information content (AvgIpc) is 2.48. The predicted molar refractivity (Wildman–Crippen MR) is 95.1 cm³/mol. The van der Waals surface area contributed by atoms with E-state index in [1.807, 2.05) is 6.92 Å². The van der Waals surface area contributed by atoms with Gasteiger partial charge >= 0.3 is 5.97 Å². The highest BCUT2D eigenvalue weighted by Crippen LogP contribution is 2.16. The molecule has 2 unspecified atom stereocenters. The first-order valence-corrected chi connectivity index (χ1v) is 9.02. The Morgan fingerprint density at radius 2 is 1.55 bits per heavy atom. The number of carbonyl (C=O) groups is 1. The van der Waals surface area contributed by atoms with Gasteiger partial charge in [0.2, 0.25) is 0 Å². The summed E-state index contributed by atoms with van der Waals surface area (Å²) in [6.07, 6.45) is 14.3. The van der Waals surface area contributed by atoms with Crippen LogP contribution < -0.4 is 0 Å². The number of hydrogen-bond acceptors (Lipinski definition) is 3. The van der Waals surface area contributed by atoms with Crippen LogP contribution in [0, 0.1) is 0 Å². The molecule has 3 nitrogen and oxygen atoms in total. The zero-order valence-electron chi connectivity index (χ0n) is 15.3. The molecule has 0 aliphatic rings. The maximum absolute atomic E-state index is 11.3. The van der Waals surface area contributed by atoms with Crippen LogP contribution in [0.25, 0.3) is 0 Å². The summed E-state index contributed by atoms with van der Waals surface area (Å²) < 4.78 is 5.36. The van der Waals surface area contributed by atoms with Gasteiger partial charge < -0.3 is 9.64 Å². The lowest BCUT2D eigenvalue weighted by molar-refractivity contribution is -0.145. The zero-order chi connectivity index (χ0) is 16.8. The van der Waals surface area contributed by atoms with Crippen molar-refractivity contribution in [3.8, 4) is 0 Å². The number of hydrogen-bond donors (Lipinski definition) is 0. The van der Waals surface area contributed by atoms with Crippen molar-refractivity contribution in [2.24, 2.45) is 0 Å². The Hall–Kier alpha value is -0.830. The summed E-state index contributed by atoms with van der Waals surface area (Å²) in [6, 6.07) is 0.286. The molecule has 0 aromatic rings. The van der Waals surface area contributed by atoms with Gasteiger partial charge in [0.15, 0.2) is 0 Å². The number of ether oxygens (including phenoxy) is 1. The van der Waals surface area contributed by atoms with Crippen LogP contribution in [0.1, 0.15) is 78.1 Å². The third-order valence-corrected chi connectivity index (χ3v) is 4.28. The van der Waals surface area contributed by atoms with Crippen molar-refractivity contribution >= 4 is 5.97 Å². The van der Waals surface area contributed by atoms with Crippen molar-refractivity contribution in [1.29, 1.82) is 0 Å². The second-order valence-corrected chi connectivity index (χ2v) is 6.49. The third kappa shape index (κ3) is 10.8. The summed E-state index contributed by atoms with van der Waals surface area (Å²) in [5, 5.41) is 0. The van der Waals surface area contributed by atoms with Gasteiger partial charge in [0.05, 0.1) is 0 Å². The van der Waals surface area contributed by atoms with Gasteiger partial charge in [0.25, 0.3) is 0 Å². The maximum Gasteiger partial charge on any atom is 0.330 e. The van der Waals surface area contributed by atoms with Gasteiger partial charge in [-0.15, -0.1) is 0 Å². The standard InChI is InChI=1S/C19H37NO2/c1-6-8-9-10-11-12-13-14-15-16-18(20(4)5)17(3)22-19(21)7-2/h7,17-18H,2,6,8-16H2,1,3-5H3. The van der Waals surface area contributed by atoms with Crippen LogP contribution in [0.5, 0.6) is 0 Å². The van der Waals surface area contributed by atoms with Gasteiger partial charge in [-0.1, -0.05) is 71.3 Å². The van der Waals surface area contributed by atoms with Gasteiger partial charge in [0.1, 0.15) is 6.10 Å².